The predicted molar refractivity (Wildman–Crippen MR) is 87.5 cm³/mol. The highest BCUT2D eigenvalue weighted by Gasteiger charge is 2.30. The summed E-state index contributed by atoms with van der Waals surface area (Å²) in [5.41, 5.74) is -0.415. The molecule has 1 rings (SSSR count). The number of amides is 1. The molecule has 1 saturated heterocycles. The summed E-state index contributed by atoms with van der Waals surface area (Å²) in [6.45, 7) is 13.0. The van der Waals surface area contributed by atoms with Gasteiger partial charge in [-0.25, -0.2) is 4.79 Å². The molecule has 1 fully saturated rings. The van der Waals surface area contributed by atoms with Gasteiger partial charge in [0, 0.05) is 19.1 Å². The van der Waals surface area contributed by atoms with Crippen LogP contribution >= 0.6 is 0 Å². The van der Waals surface area contributed by atoms with E-state index in [-0.39, 0.29) is 12.1 Å². The molecule has 0 aliphatic carbocycles. The first-order valence-electron chi connectivity index (χ1n) is 8.53. The number of carbonyl (C=O) groups is 1. The first-order valence-corrected chi connectivity index (χ1v) is 8.53. The normalized spacial score (nSPS) is 21.2. The summed E-state index contributed by atoms with van der Waals surface area (Å²) >= 11 is 0. The SMILES string of the molecule is CCCC(C)CNCC1CCCCN1C(=O)OC(C)(C)C. The van der Waals surface area contributed by atoms with Crippen LogP contribution in [0.4, 0.5) is 4.79 Å². The molecule has 2 atom stereocenters. The second kappa shape index (κ2) is 8.62. The molecular formula is C17H34N2O2. The van der Waals surface area contributed by atoms with Crippen molar-refractivity contribution in [2.75, 3.05) is 19.6 Å². The molecule has 0 saturated carbocycles. The number of ether oxygens (including phenoxy) is 1. The quantitative estimate of drug-likeness (QED) is 0.811. The van der Waals surface area contributed by atoms with Gasteiger partial charge in [0.1, 0.15) is 5.60 Å². The topological polar surface area (TPSA) is 41.6 Å². The molecule has 1 amide bonds. The van der Waals surface area contributed by atoms with Gasteiger partial charge in [0.05, 0.1) is 0 Å². The van der Waals surface area contributed by atoms with E-state index in [1.54, 1.807) is 0 Å². The molecule has 0 aromatic rings. The molecule has 124 valence electrons. The molecule has 21 heavy (non-hydrogen) atoms. The van der Waals surface area contributed by atoms with E-state index in [4.69, 9.17) is 4.74 Å². The van der Waals surface area contributed by atoms with Gasteiger partial charge >= 0.3 is 6.09 Å². The number of nitrogens with one attached hydrogen (secondary N) is 1. The predicted octanol–water partition coefficient (Wildman–Crippen LogP) is 3.80. The molecule has 0 radical (unpaired) electrons. The third-order valence-electron chi connectivity index (χ3n) is 3.91. The summed E-state index contributed by atoms with van der Waals surface area (Å²) in [4.78, 5) is 14.2. The highest BCUT2D eigenvalue weighted by Crippen LogP contribution is 2.20. The number of nitrogens with zero attached hydrogens (tertiary/aromatic N) is 1. The maximum atomic E-state index is 12.3. The Kier molecular flexibility index (Phi) is 7.50. The molecule has 0 bridgehead atoms. The Bertz CT molecular complexity index is 312. The zero-order valence-electron chi connectivity index (χ0n) is 14.6. The van der Waals surface area contributed by atoms with Crippen molar-refractivity contribution in [1.29, 1.82) is 0 Å². The molecule has 1 aliphatic heterocycles. The molecule has 1 aliphatic rings. The summed E-state index contributed by atoms with van der Waals surface area (Å²) in [6.07, 6.45) is 5.70. The summed E-state index contributed by atoms with van der Waals surface area (Å²) in [5.74, 6) is 0.702. The van der Waals surface area contributed by atoms with Crippen LogP contribution in [0, 0.1) is 5.92 Å². The lowest BCUT2D eigenvalue weighted by molar-refractivity contribution is 0.00990. The van der Waals surface area contributed by atoms with Gasteiger partial charge in [0.2, 0.25) is 0 Å². The van der Waals surface area contributed by atoms with Crippen LogP contribution in [0.1, 0.15) is 66.7 Å². The van der Waals surface area contributed by atoms with Gasteiger partial charge in [0.15, 0.2) is 0 Å². The zero-order valence-corrected chi connectivity index (χ0v) is 14.6. The molecule has 0 spiro atoms. The van der Waals surface area contributed by atoms with Crippen LogP contribution in [0.5, 0.6) is 0 Å². The van der Waals surface area contributed by atoms with Crippen molar-refractivity contribution < 1.29 is 9.53 Å². The van der Waals surface area contributed by atoms with Crippen LogP contribution in [-0.2, 0) is 4.74 Å². The van der Waals surface area contributed by atoms with E-state index in [1.165, 1.54) is 19.3 Å². The van der Waals surface area contributed by atoms with E-state index in [9.17, 15) is 4.79 Å². The fourth-order valence-electron chi connectivity index (χ4n) is 2.86. The van der Waals surface area contributed by atoms with Crippen molar-refractivity contribution in [2.24, 2.45) is 5.92 Å². The van der Waals surface area contributed by atoms with Crippen LogP contribution in [0.3, 0.4) is 0 Å². The van der Waals surface area contributed by atoms with Crippen LogP contribution in [-0.4, -0.2) is 42.3 Å². The molecule has 4 nitrogen and oxygen atoms in total. The van der Waals surface area contributed by atoms with Gasteiger partial charge in [0.25, 0.3) is 0 Å². The van der Waals surface area contributed by atoms with Crippen molar-refractivity contribution in [1.82, 2.24) is 10.2 Å². The van der Waals surface area contributed by atoms with Gasteiger partial charge in [-0.05, 0) is 58.9 Å². The maximum Gasteiger partial charge on any atom is 0.410 e. The number of piperidine rings is 1. The molecule has 4 heteroatoms. The van der Waals surface area contributed by atoms with Crippen LogP contribution < -0.4 is 5.32 Å². The van der Waals surface area contributed by atoms with Crippen molar-refractivity contribution in [3.63, 3.8) is 0 Å². The molecule has 2 unspecified atom stereocenters. The minimum absolute atomic E-state index is 0.157. The van der Waals surface area contributed by atoms with Crippen molar-refractivity contribution in [3.05, 3.63) is 0 Å². The third kappa shape index (κ3) is 7.16. The van der Waals surface area contributed by atoms with Gasteiger partial charge < -0.3 is 15.0 Å². The van der Waals surface area contributed by atoms with E-state index in [2.05, 4.69) is 19.2 Å². The molecule has 0 aromatic heterocycles. The third-order valence-corrected chi connectivity index (χ3v) is 3.91. The fourth-order valence-corrected chi connectivity index (χ4v) is 2.86. The Hall–Kier alpha value is -0.770. The van der Waals surface area contributed by atoms with E-state index in [0.29, 0.717) is 5.92 Å². The first-order chi connectivity index (χ1) is 9.83. The Morgan fingerprint density at radius 3 is 2.71 bits per heavy atom. The zero-order chi connectivity index (χ0) is 15.9. The van der Waals surface area contributed by atoms with E-state index < -0.39 is 5.60 Å². The highest BCUT2D eigenvalue weighted by molar-refractivity contribution is 5.68. The minimum Gasteiger partial charge on any atom is -0.444 e. The van der Waals surface area contributed by atoms with Crippen LogP contribution in [0.25, 0.3) is 0 Å². The van der Waals surface area contributed by atoms with E-state index >= 15 is 0 Å². The highest BCUT2D eigenvalue weighted by atomic mass is 16.6. The molecular weight excluding hydrogens is 264 g/mol. The lowest BCUT2D eigenvalue weighted by Crippen LogP contribution is -2.50. The second-order valence-electron chi connectivity index (χ2n) is 7.38. The van der Waals surface area contributed by atoms with Gasteiger partial charge in [-0.2, -0.15) is 0 Å². The van der Waals surface area contributed by atoms with E-state index in [0.717, 1.165) is 32.5 Å². The second-order valence-corrected chi connectivity index (χ2v) is 7.38. The van der Waals surface area contributed by atoms with Crippen molar-refractivity contribution in [2.45, 2.75) is 78.4 Å². The smallest absolute Gasteiger partial charge is 0.410 e. The van der Waals surface area contributed by atoms with Crippen LogP contribution in [0.15, 0.2) is 0 Å². The molecule has 1 N–H and O–H groups in total. The summed E-state index contributed by atoms with van der Waals surface area (Å²) in [7, 11) is 0. The Balaban J connectivity index is 2.44. The summed E-state index contributed by atoms with van der Waals surface area (Å²) in [5, 5.41) is 3.54. The Morgan fingerprint density at radius 2 is 2.10 bits per heavy atom. The lowest BCUT2D eigenvalue weighted by Gasteiger charge is -2.37. The van der Waals surface area contributed by atoms with Gasteiger partial charge in [-0.3, -0.25) is 0 Å². The Labute approximate surface area is 130 Å². The minimum atomic E-state index is -0.415. The number of carbonyl (C=O) groups excluding carboxylic acids is 1. The Morgan fingerprint density at radius 1 is 1.38 bits per heavy atom. The average Bonchev–Trinajstić information content (AvgIpc) is 2.37. The van der Waals surface area contributed by atoms with Crippen LogP contribution in [0.2, 0.25) is 0 Å². The monoisotopic (exact) mass is 298 g/mol. The standard InChI is InChI=1S/C17H34N2O2/c1-6-9-14(2)12-18-13-15-10-7-8-11-19(15)16(20)21-17(3,4)5/h14-15,18H,6-13H2,1-5H3. The van der Waals surface area contributed by atoms with Gasteiger partial charge in [-0.1, -0.05) is 20.3 Å². The number of hydrogen-bond acceptors (Lipinski definition) is 3. The molecule has 1 heterocycles. The van der Waals surface area contributed by atoms with Gasteiger partial charge in [-0.15, -0.1) is 0 Å². The average molecular weight is 298 g/mol. The number of hydrogen-bond donors (Lipinski definition) is 1. The maximum absolute atomic E-state index is 12.3. The van der Waals surface area contributed by atoms with Crippen molar-refractivity contribution in [3.8, 4) is 0 Å². The number of rotatable bonds is 6. The summed E-state index contributed by atoms with van der Waals surface area (Å²) in [6, 6.07) is 0.280. The van der Waals surface area contributed by atoms with Crippen molar-refractivity contribution >= 4 is 6.09 Å². The largest absolute Gasteiger partial charge is 0.444 e. The number of likely N-dealkylation sites (tertiary alicyclic amines) is 1. The van der Waals surface area contributed by atoms with E-state index in [1.807, 2.05) is 25.7 Å². The summed E-state index contributed by atoms with van der Waals surface area (Å²) < 4.78 is 5.53. The first kappa shape index (κ1) is 18.3. The molecule has 0 aromatic carbocycles. The fraction of sp³-hybridized carbons (Fsp3) is 0.941. The lowest BCUT2D eigenvalue weighted by atomic mass is 10.0.